The van der Waals surface area contributed by atoms with Gasteiger partial charge in [0.15, 0.2) is 11.6 Å². The zero-order valence-corrected chi connectivity index (χ0v) is 42.6. The predicted octanol–water partition coefficient (Wildman–Crippen LogP) is 9.47. The van der Waals surface area contributed by atoms with Crippen LogP contribution >= 0.6 is 0 Å². The van der Waals surface area contributed by atoms with E-state index in [0.717, 1.165) is 84.9 Å². The molecule has 4 N–H and O–H groups in total. The SMILES string of the molecule is COc1cc(-c2cccnc2)cc(O)c1-c1ccc(N(C)C2CC(C)(C)NC(C)(C)C2)nn1.COc1cc(-c2cnc3n2CCCC3)cc(O)c1-c1ccc(N(C)C2CC(C)(C)NC(C)(C)C2)nn1. The van der Waals surface area contributed by atoms with Crippen molar-refractivity contribution in [3.63, 3.8) is 0 Å². The number of anilines is 2. The van der Waals surface area contributed by atoms with E-state index in [0.29, 0.717) is 46.1 Å². The first-order valence-electron chi connectivity index (χ1n) is 24.2. The van der Waals surface area contributed by atoms with E-state index in [2.05, 4.69) is 125 Å². The maximum absolute atomic E-state index is 11.1. The number of fused-ring (bicyclic) bond motifs is 1. The lowest BCUT2D eigenvalue weighted by Crippen LogP contribution is -2.62. The number of aryl methyl sites for hydroxylation is 1. The van der Waals surface area contributed by atoms with Crippen molar-refractivity contribution in [1.82, 2.24) is 45.6 Å². The summed E-state index contributed by atoms with van der Waals surface area (Å²) in [6.07, 6.45) is 12.7. The zero-order valence-electron chi connectivity index (χ0n) is 42.6. The Morgan fingerprint density at radius 3 is 1.55 bits per heavy atom. The molecular weight excluding hydrogens is 867 g/mol. The first-order valence-corrected chi connectivity index (χ1v) is 24.2. The van der Waals surface area contributed by atoms with Gasteiger partial charge in [-0.25, -0.2) is 4.98 Å². The molecule has 0 bridgehead atoms. The van der Waals surface area contributed by atoms with Gasteiger partial charge in [-0.1, -0.05) is 6.07 Å². The second-order valence-corrected chi connectivity index (χ2v) is 21.7. The van der Waals surface area contributed by atoms with Crippen molar-refractivity contribution >= 4 is 11.6 Å². The number of aromatic nitrogens is 7. The van der Waals surface area contributed by atoms with E-state index in [-0.39, 0.29) is 33.7 Å². The van der Waals surface area contributed by atoms with E-state index in [9.17, 15) is 10.2 Å². The molecule has 366 valence electrons. The van der Waals surface area contributed by atoms with Crippen molar-refractivity contribution in [1.29, 1.82) is 0 Å². The molecule has 15 nitrogen and oxygen atoms in total. The Bertz CT molecular complexity index is 2700. The summed E-state index contributed by atoms with van der Waals surface area (Å²) in [7, 11) is 7.36. The van der Waals surface area contributed by atoms with E-state index in [1.165, 1.54) is 6.42 Å². The van der Waals surface area contributed by atoms with Gasteiger partial charge in [-0.3, -0.25) is 4.98 Å². The number of phenolic OH excluding ortho intramolecular Hbond substituents is 2. The quantitative estimate of drug-likeness (QED) is 0.102. The topological polar surface area (TPSA) is 172 Å². The molecule has 0 amide bonds. The maximum Gasteiger partial charge on any atom is 0.151 e. The van der Waals surface area contributed by atoms with Gasteiger partial charge in [0.1, 0.15) is 40.2 Å². The molecule has 2 fully saturated rings. The zero-order chi connectivity index (χ0) is 49.5. The fourth-order valence-corrected chi connectivity index (χ4v) is 11.3. The Morgan fingerprint density at radius 2 is 1.10 bits per heavy atom. The Balaban J connectivity index is 0.000000187. The van der Waals surface area contributed by atoms with Crippen LogP contribution in [0, 0.1) is 0 Å². The minimum Gasteiger partial charge on any atom is -0.507 e. The Labute approximate surface area is 407 Å². The first kappa shape index (κ1) is 49.1. The van der Waals surface area contributed by atoms with Gasteiger partial charge >= 0.3 is 0 Å². The number of imidazole rings is 1. The lowest BCUT2D eigenvalue weighted by atomic mass is 9.79. The van der Waals surface area contributed by atoms with Crippen LogP contribution in [-0.4, -0.2) is 108 Å². The fraction of sp³-hybridized carbons (Fsp3) is 0.481. The summed E-state index contributed by atoms with van der Waals surface area (Å²) in [5, 5.41) is 47.4. The van der Waals surface area contributed by atoms with Gasteiger partial charge in [0.25, 0.3) is 0 Å². The number of ether oxygens (including phenoxy) is 2. The molecule has 0 unspecified atom stereocenters. The lowest BCUT2D eigenvalue weighted by molar-refractivity contribution is 0.160. The molecule has 0 aliphatic carbocycles. The summed E-state index contributed by atoms with van der Waals surface area (Å²) in [4.78, 5) is 13.2. The largest absolute Gasteiger partial charge is 0.507 e. The fourth-order valence-electron chi connectivity index (χ4n) is 11.3. The summed E-state index contributed by atoms with van der Waals surface area (Å²) >= 11 is 0. The van der Waals surface area contributed by atoms with E-state index >= 15 is 0 Å². The Morgan fingerprint density at radius 1 is 0.609 bits per heavy atom. The number of methoxy groups -OCH3 is 2. The molecule has 0 spiro atoms. The van der Waals surface area contributed by atoms with Gasteiger partial charge in [-0.2, -0.15) is 0 Å². The van der Waals surface area contributed by atoms with Gasteiger partial charge in [0.05, 0.1) is 37.2 Å². The van der Waals surface area contributed by atoms with Crippen LogP contribution in [0.15, 0.2) is 79.3 Å². The van der Waals surface area contributed by atoms with Crippen molar-refractivity contribution in [3.05, 3.63) is 85.1 Å². The molecule has 0 atom stereocenters. The summed E-state index contributed by atoms with van der Waals surface area (Å²) in [6, 6.07) is 19.5. The molecule has 3 aliphatic rings. The van der Waals surface area contributed by atoms with E-state index in [1.807, 2.05) is 54.7 Å². The van der Waals surface area contributed by atoms with Crippen molar-refractivity contribution in [2.24, 2.45) is 0 Å². The molecule has 0 radical (unpaired) electrons. The van der Waals surface area contributed by atoms with Crippen LogP contribution < -0.4 is 29.9 Å². The number of hydrogen-bond donors (Lipinski definition) is 4. The Kier molecular flexibility index (Phi) is 13.7. The molecule has 0 saturated carbocycles. The second kappa shape index (κ2) is 19.2. The van der Waals surface area contributed by atoms with Gasteiger partial charge in [-0.15, -0.1) is 20.4 Å². The third kappa shape index (κ3) is 10.9. The van der Waals surface area contributed by atoms with Gasteiger partial charge in [-0.05, 0) is 154 Å². The number of benzene rings is 2. The Hall–Kier alpha value is -6.32. The van der Waals surface area contributed by atoms with Crippen LogP contribution in [0.5, 0.6) is 23.0 Å². The molecule has 7 heterocycles. The highest BCUT2D eigenvalue weighted by Crippen LogP contribution is 2.43. The average molecular weight is 938 g/mol. The van der Waals surface area contributed by atoms with Gasteiger partial charge in [0.2, 0.25) is 0 Å². The minimum absolute atomic E-state index is 0.0449. The molecule has 15 heteroatoms. The highest BCUT2D eigenvalue weighted by molar-refractivity contribution is 5.81. The summed E-state index contributed by atoms with van der Waals surface area (Å²) in [5.74, 6) is 4.03. The molecular formula is C54H71N11O4. The van der Waals surface area contributed by atoms with Crippen molar-refractivity contribution in [2.45, 2.75) is 141 Å². The van der Waals surface area contributed by atoms with Crippen LogP contribution in [0.2, 0.25) is 0 Å². The number of aromatic hydroxyl groups is 2. The number of nitrogens with one attached hydrogen (secondary N) is 2. The standard InChI is InChI=1S/C28H38N6O2.C26H33N5O2/c1-27(2)15-19(16-28(3,4)32-27)33(5)25-11-10-20(30-31-25)26-22(35)13-18(14-23(26)36-6)21-17-29-24-9-7-8-12-34(21)24;1-25(2)14-19(15-26(3,4)30-25)31(5)23-10-9-20(28-29-23)24-21(32)12-18(13-22(24)33-6)17-8-7-11-27-16-17/h10-11,13-14,17,19,32,35H,7-9,12,15-16H2,1-6H3;7-13,16,19,30,32H,14-15H2,1-6H3. The predicted molar refractivity (Wildman–Crippen MR) is 274 cm³/mol. The number of piperidine rings is 2. The summed E-state index contributed by atoms with van der Waals surface area (Å²) in [5.41, 5.74) is 5.99. The minimum atomic E-state index is 0.0449. The molecule has 2 saturated heterocycles. The average Bonchev–Trinajstić information content (AvgIpc) is 3.73. The van der Waals surface area contributed by atoms with Crippen LogP contribution in [0.3, 0.4) is 0 Å². The third-order valence-electron chi connectivity index (χ3n) is 13.8. The van der Waals surface area contributed by atoms with Crippen LogP contribution in [-0.2, 0) is 13.0 Å². The molecule has 69 heavy (non-hydrogen) atoms. The molecule has 9 rings (SSSR count). The maximum atomic E-state index is 11.1. The van der Waals surface area contributed by atoms with Crippen molar-refractivity contribution < 1.29 is 19.7 Å². The molecule has 2 aromatic carbocycles. The number of phenols is 2. The monoisotopic (exact) mass is 938 g/mol. The van der Waals surface area contributed by atoms with Crippen molar-refractivity contribution in [2.75, 3.05) is 38.1 Å². The highest BCUT2D eigenvalue weighted by Gasteiger charge is 2.41. The molecule has 3 aliphatic heterocycles. The highest BCUT2D eigenvalue weighted by atomic mass is 16.5. The third-order valence-corrected chi connectivity index (χ3v) is 13.8. The van der Waals surface area contributed by atoms with Gasteiger partial charge in [0, 0.05) is 84.8 Å². The number of hydrogen-bond acceptors (Lipinski definition) is 14. The number of pyridine rings is 1. The number of rotatable bonds is 10. The normalized spacial score (nSPS) is 18.3. The summed E-state index contributed by atoms with van der Waals surface area (Å²) in [6.45, 7) is 18.9. The van der Waals surface area contributed by atoms with E-state index in [4.69, 9.17) is 9.47 Å². The van der Waals surface area contributed by atoms with E-state index in [1.54, 1.807) is 38.7 Å². The molecule has 4 aromatic heterocycles. The first-order chi connectivity index (χ1) is 32.6. The van der Waals surface area contributed by atoms with Crippen LogP contribution in [0.1, 0.15) is 99.7 Å². The summed E-state index contributed by atoms with van der Waals surface area (Å²) < 4.78 is 13.5. The van der Waals surface area contributed by atoms with Crippen LogP contribution in [0.4, 0.5) is 11.6 Å². The van der Waals surface area contributed by atoms with Crippen molar-refractivity contribution in [3.8, 4) is 67.9 Å². The number of nitrogens with zero attached hydrogens (tertiary/aromatic N) is 9. The van der Waals surface area contributed by atoms with Crippen LogP contribution in [0.25, 0.3) is 44.9 Å². The smallest absolute Gasteiger partial charge is 0.151 e. The molecule has 6 aromatic rings. The van der Waals surface area contributed by atoms with E-state index < -0.39 is 0 Å². The van der Waals surface area contributed by atoms with Gasteiger partial charge < -0.3 is 44.7 Å². The second-order valence-electron chi connectivity index (χ2n) is 21.7. The lowest BCUT2D eigenvalue weighted by Gasteiger charge is -2.49.